The molecule has 246 valence electrons. The van der Waals surface area contributed by atoms with Crippen molar-refractivity contribution in [1.82, 2.24) is 19.9 Å². The maximum absolute atomic E-state index is 12.6. The molecule has 1 aliphatic rings. The van der Waals surface area contributed by atoms with Crippen LogP contribution in [0.4, 0.5) is 13.2 Å². The Labute approximate surface area is 265 Å². The van der Waals surface area contributed by atoms with E-state index in [4.69, 9.17) is 14.6 Å². The number of aryl methyl sites for hydroxylation is 3. The van der Waals surface area contributed by atoms with Gasteiger partial charge in [0.2, 0.25) is 0 Å². The predicted octanol–water partition coefficient (Wildman–Crippen LogP) is 6.63. The third kappa shape index (κ3) is 7.33. The fourth-order valence-corrected chi connectivity index (χ4v) is 5.84. The first-order valence-electron chi connectivity index (χ1n) is 14.9. The number of ether oxygens (including phenoxy) is 1. The molecule has 0 fully saturated rings. The highest BCUT2D eigenvalue weighted by molar-refractivity contribution is 5.81. The van der Waals surface area contributed by atoms with Crippen LogP contribution in [-0.4, -0.2) is 60.9 Å². The van der Waals surface area contributed by atoms with Crippen LogP contribution in [0.3, 0.4) is 0 Å². The van der Waals surface area contributed by atoms with Crippen LogP contribution in [-0.2, 0) is 29.7 Å². The van der Waals surface area contributed by atoms with E-state index >= 15 is 0 Å². The molecule has 46 heavy (non-hydrogen) atoms. The molecule has 12 heteroatoms. The van der Waals surface area contributed by atoms with E-state index in [1.54, 1.807) is 4.68 Å². The number of carboxylic acids is 2. The molecule has 2 heterocycles. The van der Waals surface area contributed by atoms with Gasteiger partial charge in [0.05, 0.1) is 10.9 Å². The topological polar surface area (TPSA) is 118 Å². The number of benzene rings is 3. The van der Waals surface area contributed by atoms with Gasteiger partial charge in [-0.3, -0.25) is 9.69 Å². The zero-order valence-corrected chi connectivity index (χ0v) is 26.7. The van der Waals surface area contributed by atoms with Crippen LogP contribution in [0.1, 0.15) is 66.5 Å². The van der Waals surface area contributed by atoms with Crippen LogP contribution in [0.2, 0.25) is 0 Å². The number of hydrogen-bond acceptors (Lipinski definition) is 6. The Morgan fingerprint density at radius 3 is 2.35 bits per heavy atom. The lowest BCUT2D eigenvalue weighted by molar-refractivity contribution is -0.192. The summed E-state index contributed by atoms with van der Waals surface area (Å²) in [6, 6.07) is 18.8. The van der Waals surface area contributed by atoms with Crippen LogP contribution in [0.5, 0.6) is 5.75 Å². The molecule has 0 saturated heterocycles. The monoisotopic (exact) mass is 640 g/mol. The number of fused-ring (bicyclic) bond motifs is 2. The Bertz CT molecular complexity index is 1730. The molecule has 0 bridgehead atoms. The second-order valence-corrected chi connectivity index (χ2v) is 12.2. The minimum atomic E-state index is -5.08. The minimum absolute atomic E-state index is 0.122. The van der Waals surface area contributed by atoms with Gasteiger partial charge in [-0.1, -0.05) is 54.6 Å². The Morgan fingerprint density at radius 2 is 1.72 bits per heavy atom. The number of carbonyl (C=O) groups is 2. The Morgan fingerprint density at radius 1 is 1.04 bits per heavy atom. The van der Waals surface area contributed by atoms with Crippen LogP contribution in [0.15, 0.2) is 54.6 Å². The van der Waals surface area contributed by atoms with Gasteiger partial charge in [-0.2, -0.15) is 13.2 Å². The normalized spacial score (nSPS) is 16.1. The number of alkyl halides is 3. The summed E-state index contributed by atoms with van der Waals surface area (Å²) in [5.41, 5.74) is 7.21. The van der Waals surface area contributed by atoms with Crippen LogP contribution in [0.25, 0.3) is 11.0 Å². The van der Waals surface area contributed by atoms with Crippen molar-refractivity contribution in [3.05, 3.63) is 88.0 Å². The summed E-state index contributed by atoms with van der Waals surface area (Å²) >= 11 is 0. The number of para-hydroxylation sites is 1. The molecular formula is C34H39F3N4O5. The highest BCUT2D eigenvalue weighted by Crippen LogP contribution is 2.44. The first-order chi connectivity index (χ1) is 21.5. The molecule has 5 rings (SSSR count). The minimum Gasteiger partial charge on any atom is -0.489 e. The molecule has 0 spiro atoms. The summed E-state index contributed by atoms with van der Waals surface area (Å²) in [5, 5.41) is 26.0. The summed E-state index contributed by atoms with van der Waals surface area (Å²) in [6.07, 6.45) is -4.03. The zero-order valence-electron chi connectivity index (χ0n) is 26.7. The lowest BCUT2D eigenvalue weighted by Gasteiger charge is -2.33. The van der Waals surface area contributed by atoms with E-state index in [2.05, 4.69) is 65.5 Å². The highest BCUT2D eigenvalue weighted by Gasteiger charge is 2.40. The molecule has 2 atom stereocenters. The molecular weight excluding hydrogens is 601 g/mol. The second kappa shape index (κ2) is 13.5. The summed E-state index contributed by atoms with van der Waals surface area (Å²) in [5.74, 6) is -2.99. The van der Waals surface area contributed by atoms with E-state index < -0.39 is 23.5 Å². The molecule has 1 aromatic heterocycles. The second-order valence-electron chi connectivity index (χ2n) is 12.2. The van der Waals surface area contributed by atoms with Crippen molar-refractivity contribution in [1.29, 1.82) is 0 Å². The first-order valence-corrected chi connectivity index (χ1v) is 14.9. The molecule has 0 unspecified atom stereocenters. The number of hydrogen-bond donors (Lipinski definition) is 2. The van der Waals surface area contributed by atoms with Gasteiger partial charge in [0.25, 0.3) is 0 Å². The van der Waals surface area contributed by atoms with E-state index in [0.717, 1.165) is 59.5 Å². The van der Waals surface area contributed by atoms with Crippen LogP contribution < -0.4 is 4.74 Å². The molecule has 0 amide bonds. The number of nitrogens with zero attached hydrogens (tertiary/aromatic N) is 4. The van der Waals surface area contributed by atoms with Gasteiger partial charge >= 0.3 is 18.1 Å². The summed E-state index contributed by atoms with van der Waals surface area (Å²) < 4.78 is 39.8. The molecule has 3 aromatic carbocycles. The van der Waals surface area contributed by atoms with Gasteiger partial charge in [0.1, 0.15) is 17.4 Å². The molecule has 1 aliphatic heterocycles. The maximum atomic E-state index is 12.6. The van der Waals surface area contributed by atoms with Crippen molar-refractivity contribution < 1.29 is 37.7 Å². The fourth-order valence-electron chi connectivity index (χ4n) is 5.84. The number of aliphatic carboxylic acids is 2. The molecule has 2 N–H and O–H groups in total. The predicted molar refractivity (Wildman–Crippen MR) is 167 cm³/mol. The zero-order chi connectivity index (χ0) is 34.0. The van der Waals surface area contributed by atoms with E-state index in [1.807, 2.05) is 46.0 Å². The summed E-state index contributed by atoms with van der Waals surface area (Å²) in [7, 11) is 1.87. The molecule has 0 aliphatic carbocycles. The number of carboxylic acid groups (broad SMARTS) is 2. The average Bonchev–Trinajstić information content (AvgIpc) is 3.26. The molecule has 9 nitrogen and oxygen atoms in total. The Kier molecular flexibility index (Phi) is 10.1. The summed E-state index contributed by atoms with van der Waals surface area (Å²) in [4.78, 5) is 24.0. The highest BCUT2D eigenvalue weighted by atomic mass is 19.4. The molecule has 0 saturated carbocycles. The van der Waals surface area contributed by atoms with Crippen LogP contribution in [0, 0.1) is 19.3 Å². The molecule has 4 aromatic rings. The van der Waals surface area contributed by atoms with Gasteiger partial charge in [-0.25, -0.2) is 9.48 Å². The van der Waals surface area contributed by atoms with Gasteiger partial charge in [-0.15, -0.1) is 5.10 Å². The van der Waals surface area contributed by atoms with Crippen molar-refractivity contribution in [2.45, 2.75) is 72.3 Å². The van der Waals surface area contributed by atoms with Crippen LogP contribution >= 0.6 is 0 Å². The third-order valence-corrected chi connectivity index (χ3v) is 8.58. The number of halogens is 3. The average molecular weight is 641 g/mol. The van der Waals surface area contributed by atoms with E-state index in [9.17, 15) is 23.1 Å². The van der Waals surface area contributed by atoms with Crippen molar-refractivity contribution in [2.75, 3.05) is 6.54 Å². The van der Waals surface area contributed by atoms with Gasteiger partial charge in [0, 0.05) is 38.2 Å². The van der Waals surface area contributed by atoms with E-state index in [1.165, 1.54) is 16.7 Å². The first kappa shape index (κ1) is 34.4. The van der Waals surface area contributed by atoms with E-state index in [0.29, 0.717) is 0 Å². The van der Waals surface area contributed by atoms with Crippen molar-refractivity contribution in [3.8, 4) is 5.75 Å². The van der Waals surface area contributed by atoms with E-state index in [-0.39, 0.29) is 12.0 Å². The lowest BCUT2D eigenvalue weighted by atomic mass is 9.69. The number of aromatic nitrogens is 3. The standard InChI is InChI=1S/C32H38N4O3.C2HF3O2/c1-7-25-19-36(17-23-10-8-9-11-28(23)39-25)18-24-16-22(13-12-20(24)2)29(32(4,5)31(37)38)26-14-15-27-30(21(26)3)33-34-35(27)6;3-2(4,5)1(6)7/h8-16,25,29H,7,17-19H2,1-6H3,(H,37,38);(H,6,7)/t25-,29+;/m1./s1. The third-order valence-electron chi connectivity index (χ3n) is 8.58. The van der Waals surface area contributed by atoms with Gasteiger partial charge < -0.3 is 14.9 Å². The quantitative estimate of drug-likeness (QED) is 0.231. The largest absolute Gasteiger partial charge is 0.490 e. The maximum Gasteiger partial charge on any atom is 0.490 e. The fraction of sp³-hybridized carbons (Fsp3) is 0.412. The molecule has 0 radical (unpaired) electrons. The van der Waals surface area contributed by atoms with Crippen molar-refractivity contribution in [3.63, 3.8) is 0 Å². The SMILES string of the molecule is CC[C@@H]1CN(Cc2cc([C@@H](c3ccc4c(nnn4C)c3C)C(C)(C)C(=O)O)ccc2C)Cc2ccccc2O1.O=C(O)C(F)(F)F. The van der Waals surface area contributed by atoms with Gasteiger partial charge in [-0.05, 0) is 74.1 Å². The lowest BCUT2D eigenvalue weighted by Crippen LogP contribution is -2.33. The van der Waals surface area contributed by atoms with Gasteiger partial charge in [0.15, 0.2) is 0 Å². The number of rotatable bonds is 7. The Balaban J connectivity index is 0.000000617. The van der Waals surface area contributed by atoms with Crippen molar-refractivity contribution >= 4 is 23.0 Å². The smallest absolute Gasteiger partial charge is 0.489 e. The summed E-state index contributed by atoms with van der Waals surface area (Å²) in [6.45, 7) is 12.3. The van der Waals surface area contributed by atoms with Crippen molar-refractivity contribution in [2.24, 2.45) is 12.5 Å². The Hall–Kier alpha value is -4.45.